The van der Waals surface area contributed by atoms with Crippen molar-refractivity contribution in [2.24, 2.45) is 0 Å². The van der Waals surface area contributed by atoms with Gasteiger partial charge >= 0.3 is 5.97 Å². The van der Waals surface area contributed by atoms with Crippen molar-refractivity contribution in [3.8, 4) is 22.1 Å². The van der Waals surface area contributed by atoms with Crippen molar-refractivity contribution >= 4 is 17.3 Å². The summed E-state index contributed by atoms with van der Waals surface area (Å²) >= 11 is 1.68. The average Bonchev–Trinajstić information content (AvgIpc) is 3.47. The number of rotatable bonds is 11. The SMILES string of the molecule is CCOC(=O)C[C@@H]1CCc2cc(OCCCOc3ccc(-c4nc(CC)cs4)cc3)ccc21. The van der Waals surface area contributed by atoms with Crippen molar-refractivity contribution in [2.45, 2.75) is 51.9 Å². The highest BCUT2D eigenvalue weighted by Crippen LogP contribution is 2.37. The van der Waals surface area contributed by atoms with Gasteiger partial charge in [-0.2, -0.15) is 0 Å². The van der Waals surface area contributed by atoms with Gasteiger partial charge < -0.3 is 14.2 Å². The van der Waals surface area contributed by atoms with E-state index in [-0.39, 0.29) is 11.9 Å². The molecule has 1 aliphatic carbocycles. The standard InChI is InChI=1S/C27H31NO4S/c1-3-22-18-33-27(28-22)19-8-10-23(11-9-19)31-14-5-15-32-24-12-13-25-20(16-24)6-7-21(25)17-26(29)30-4-2/h8-13,16,18,21H,3-7,14-15,17H2,1-2H3/t21-/m0/s1. The highest BCUT2D eigenvalue weighted by atomic mass is 32.1. The van der Waals surface area contributed by atoms with Gasteiger partial charge in [0.15, 0.2) is 0 Å². The Balaban J connectivity index is 1.19. The van der Waals surface area contributed by atoms with E-state index in [0.717, 1.165) is 53.4 Å². The lowest BCUT2D eigenvalue weighted by molar-refractivity contribution is -0.143. The number of thiazole rings is 1. The first-order chi connectivity index (χ1) is 16.2. The molecule has 0 unspecified atom stereocenters. The zero-order valence-corrected chi connectivity index (χ0v) is 20.2. The van der Waals surface area contributed by atoms with E-state index >= 15 is 0 Å². The Morgan fingerprint density at radius 2 is 1.82 bits per heavy atom. The third-order valence-electron chi connectivity index (χ3n) is 5.88. The molecule has 1 aliphatic rings. The van der Waals surface area contributed by atoms with Crippen LogP contribution in [0.2, 0.25) is 0 Å². The lowest BCUT2D eigenvalue weighted by Crippen LogP contribution is -2.08. The number of ether oxygens (including phenoxy) is 3. The first-order valence-corrected chi connectivity index (χ1v) is 12.6. The summed E-state index contributed by atoms with van der Waals surface area (Å²) in [4.78, 5) is 16.4. The number of benzene rings is 2. The summed E-state index contributed by atoms with van der Waals surface area (Å²) in [6.45, 7) is 5.60. The molecule has 174 valence electrons. The minimum atomic E-state index is -0.112. The molecule has 1 aromatic heterocycles. The Kier molecular flexibility index (Phi) is 8.00. The molecule has 0 radical (unpaired) electrons. The molecule has 0 N–H and O–H groups in total. The van der Waals surface area contributed by atoms with Crippen LogP contribution in [0, 0.1) is 0 Å². The number of hydrogen-bond acceptors (Lipinski definition) is 6. The van der Waals surface area contributed by atoms with E-state index in [1.54, 1.807) is 11.3 Å². The van der Waals surface area contributed by atoms with E-state index in [1.165, 1.54) is 11.1 Å². The molecular weight excluding hydrogens is 434 g/mol. The van der Waals surface area contributed by atoms with Crippen molar-refractivity contribution in [2.75, 3.05) is 19.8 Å². The molecule has 6 heteroatoms. The number of carbonyl (C=O) groups is 1. The summed E-state index contributed by atoms with van der Waals surface area (Å²) in [5.41, 5.74) is 4.79. The maximum Gasteiger partial charge on any atom is 0.306 e. The average molecular weight is 466 g/mol. The van der Waals surface area contributed by atoms with Gasteiger partial charge in [-0.3, -0.25) is 4.79 Å². The summed E-state index contributed by atoms with van der Waals surface area (Å²) in [5, 5.41) is 3.16. The summed E-state index contributed by atoms with van der Waals surface area (Å²) in [6.07, 6.45) is 4.20. The van der Waals surface area contributed by atoms with Gasteiger partial charge in [0, 0.05) is 17.4 Å². The van der Waals surface area contributed by atoms with E-state index < -0.39 is 0 Å². The third-order valence-corrected chi connectivity index (χ3v) is 6.82. The second-order valence-electron chi connectivity index (χ2n) is 8.18. The molecule has 0 spiro atoms. The molecule has 1 atom stereocenters. The van der Waals surface area contributed by atoms with Crippen LogP contribution in [0.15, 0.2) is 47.8 Å². The van der Waals surface area contributed by atoms with Gasteiger partial charge in [0.1, 0.15) is 16.5 Å². The zero-order chi connectivity index (χ0) is 23.0. The van der Waals surface area contributed by atoms with E-state index in [2.05, 4.69) is 41.6 Å². The number of fused-ring (bicyclic) bond motifs is 1. The van der Waals surface area contributed by atoms with Crippen LogP contribution in [0.1, 0.15) is 55.8 Å². The van der Waals surface area contributed by atoms with Gasteiger partial charge in [0.25, 0.3) is 0 Å². The van der Waals surface area contributed by atoms with Gasteiger partial charge in [0.2, 0.25) is 0 Å². The Hall–Kier alpha value is -2.86. The van der Waals surface area contributed by atoms with Crippen LogP contribution in [0.3, 0.4) is 0 Å². The lowest BCUT2D eigenvalue weighted by atomic mass is 9.98. The van der Waals surface area contributed by atoms with Gasteiger partial charge in [-0.25, -0.2) is 4.98 Å². The van der Waals surface area contributed by atoms with Crippen LogP contribution < -0.4 is 9.47 Å². The van der Waals surface area contributed by atoms with Crippen molar-refractivity contribution in [1.29, 1.82) is 0 Å². The second kappa shape index (κ2) is 11.3. The molecule has 5 nitrogen and oxygen atoms in total. The summed E-state index contributed by atoms with van der Waals surface area (Å²) in [5.74, 6) is 1.89. The van der Waals surface area contributed by atoms with Crippen LogP contribution in [-0.2, 0) is 22.4 Å². The highest BCUT2D eigenvalue weighted by Gasteiger charge is 2.25. The van der Waals surface area contributed by atoms with E-state index in [1.807, 2.05) is 25.1 Å². The number of esters is 1. The third kappa shape index (κ3) is 6.14. The lowest BCUT2D eigenvalue weighted by Gasteiger charge is -2.12. The first kappa shape index (κ1) is 23.3. The number of aryl methyl sites for hydroxylation is 2. The molecule has 4 rings (SSSR count). The van der Waals surface area contributed by atoms with Crippen LogP contribution in [-0.4, -0.2) is 30.8 Å². The maximum absolute atomic E-state index is 11.8. The molecule has 0 amide bonds. The maximum atomic E-state index is 11.8. The van der Waals surface area contributed by atoms with E-state index in [4.69, 9.17) is 14.2 Å². The summed E-state index contributed by atoms with van der Waals surface area (Å²) < 4.78 is 16.9. The fourth-order valence-electron chi connectivity index (χ4n) is 4.14. The predicted octanol–water partition coefficient (Wildman–Crippen LogP) is 6.20. The van der Waals surface area contributed by atoms with E-state index in [9.17, 15) is 4.79 Å². The van der Waals surface area contributed by atoms with E-state index in [0.29, 0.717) is 26.2 Å². The summed E-state index contributed by atoms with van der Waals surface area (Å²) in [7, 11) is 0. The second-order valence-corrected chi connectivity index (χ2v) is 9.04. The van der Waals surface area contributed by atoms with Crippen LogP contribution >= 0.6 is 11.3 Å². The first-order valence-electron chi connectivity index (χ1n) is 11.7. The monoisotopic (exact) mass is 465 g/mol. The van der Waals surface area contributed by atoms with Crippen LogP contribution in [0.4, 0.5) is 0 Å². The fraction of sp³-hybridized carbons (Fsp3) is 0.407. The molecule has 0 fully saturated rings. The van der Waals surface area contributed by atoms with Crippen LogP contribution in [0.25, 0.3) is 10.6 Å². The molecule has 0 bridgehead atoms. The normalized spacial score (nSPS) is 14.7. The van der Waals surface area contributed by atoms with Crippen LogP contribution in [0.5, 0.6) is 11.5 Å². The highest BCUT2D eigenvalue weighted by molar-refractivity contribution is 7.13. The largest absolute Gasteiger partial charge is 0.493 e. The fourth-order valence-corrected chi connectivity index (χ4v) is 5.05. The number of aromatic nitrogens is 1. The Bertz CT molecular complexity index is 1060. The molecular formula is C27H31NO4S. The van der Waals surface area contributed by atoms with Gasteiger partial charge in [-0.15, -0.1) is 11.3 Å². The minimum Gasteiger partial charge on any atom is -0.493 e. The van der Waals surface area contributed by atoms with Gasteiger partial charge in [-0.05, 0) is 79.6 Å². The molecule has 3 aromatic rings. The number of hydrogen-bond donors (Lipinski definition) is 0. The molecule has 0 saturated carbocycles. The Labute approximate surface area is 199 Å². The van der Waals surface area contributed by atoms with Crippen molar-refractivity contribution in [1.82, 2.24) is 4.98 Å². The molecule has 2 aromatic carbocycles. The quantitative estimate of drug-likeness (QED) is 0.249. The number of nitrogens with zero attached hydrogens (tertiary/aromatic N) is 1. The molecule has 1 heterocycles. The van der Waals surface area contributed by atoms with Gasteiger partial charge in [0.05, 0.1) is 31.9 Å². The van der Waals surface area contributed by atoms with Crippen molar-refractivity contribution < 1.29 is 19.0 Å². The van der Waals surface area contributed by atoms with Crippen molar-refractivity contribution in [3.05, 3.63) is 64.7 Å². The molecule has 33 heavy (non-hydrogen) atoms. The predicted molar refractivity (Wildman–Crippen MR) is 131 cm³/mol. The smallest absolute Gasteiger partial charge is 0.306 e. The minimum absolute atomic E-state index is 0.112. The Morgan fingerprint density at radius 3 is 2.55 bits per heavy atom. The summed E-state index contributed by atoms with van der Waals surface area (Å²) in [6, 6.07) is 14.3. The zero-order valence-electron chi connectivity index (χ0n) is 19.3. The topological polar surface area (TPSA) is 57.7 Å². The Morgan fingerprint density at radius 1 is 1.06 bits per heavy atom. The molecule has 0 aliphatic heterocycles. The molecule has 0 saturated heterocycles. The number of carbonyl (C=O) groups excluding carboxylic acids is 1. The van der Waals surface area contributed by atoms with Gasteiger partial charge in [-0.1, -0.05) is 13.0 Å². The van der Waals surface area contributed by atoms with Crippen molar-refractivity contribution in [3.63, 3.8) is 0 Å².